The molecule has 2 aromatic carbocycles. The Morgan fingerprint density at radius 1 is 1.18 bits per heavy atom. The van der Waals surface area contributed by atoms with E-state index < -0.39 is 11.6 Å². The molecular formula is C16H14F2N2O2. The number of ether oxygens (including phenoxy) is 1. The molecule has 0 unspecified atom stereocenters. The van der Waals surface area contributed by atoms with E-state index in [0.717, 1.165) is 17.7 Å². The van der Waals surface area contributed by atoms with E-state index in [9.17, 15) is 13.9 Å². The van der Waals surface area contributed by atoms with Gasteiger partial charge in [-0.25, -0.2) is 13.8 Å². The summed E-state index contributed by atoms with van der Waals surface area (Å²) in [4.78, 5) is 4.37. The van der Waals surface area contributed by atoms with Crippen LogP contribution in [0.4, 0.5) is 8.78 Å². The van der Waals surface area contributed by atoms with Crippen LogP contribution in [0, 0.1) is 11.6 Å². The average molecular weight is 304 g/mol. The highest BCUT2D eigenvalue weighted by molar-refractivity contribution is 5.81. The molecule has 1 heterocycles. The van der Waals surface area contributed by atoms with Gasteiger partial charge in [-0.2, -0.15) is 0 Å². The van der Waals surface area contributed by atoms with E-state index in [1.807, 2.05) is 6.07 Å². The lowest BCUT2D eigenvalue weighted by Gasteiger charge is -2.08. The van der Waals surface area contributed by atoms with Crippen molar-refractivity contribution in [3.8, 4) is 17.1 Å². The van der Waals surface area contributed by atoms with Crippen LogP contribution >= 0.6 is 0 Å². The zero-order chi connectivity index (χ0) is 15.7. The molecule has 3 aromatic rings. The number of hydrogen-bond acceptors (Lipinski definition) is 3. The monoisotopic (exact) mass is 304 g/mol. The maximum atomic E-state index is 13.5. The number of aliphatic hydroxyl groups is 1. The fourth-order valence-corrected chi connectivity index (χ4v) is 2.43. The summed E-state index contributed by atoms with van der Waals surface area (Å²) in [5, 5.41) is 9.25. The van der Waals surface area contributed by atoms with Crippen LogP contribution in [-0.2, 0) is 6.54 Å². The van der Waals surface area contributed by atoms with E-state index in [4.69, 9.17) is 4.74 Å². The van der Waals surface area contributed by atoms with Crippen LogP contribution in [0.1, 0.15) is 0 Å². The van der Waals surface area contributed by atoms with Gasteiger partial charge < -0.3 is 14.4 Å². The largest absolute Gasteiger partial charge is 0.497 e. The number of methoxy groups -OCH3 is 1. The van der Waals surface area contributed by atoms with Crippen LogP contribution in [-0.4, -0.2) is 28.4 Å². The van der Waals surface area contributed by atoms with Crippen LogP contribution in [0.5, 0.6) is 5.75 Å². The number of benzene rings is 2. The number of aromatic nitrogens is 2. The highest BCUT2D eigenvalue weighted by atomic mass is 19.2. The van der Waals surface area contributed by atoms with Crippen molar-refractivity contribution in [2.75, 3.05) is 13.7 Å². The first-order chi connectivity index (χ1) is 10.6. The number of hydrogen-bond donors (Lipinski definition) is 1. The molecule has 0 bridgehead atoms. The molecule has 6 heteroatoms. The second-order valence-electron chi connectivity index (χ2n) is 4.80. The summed E-state index contributed by atoms with van der Waals surface area (Å²) in [7, 11) is 1.56. The number of nitrogens with zero attached hydrogens (tertiary/aromatic N) is 2. The first kappa shape index (κ1) is 14.5. The molecule has 1 aromatic heterocycles. The molecule has 0 atom stereocenters. The first-order valence-corrected chi connectivity index (χ1v) is 6.74. The number of aliphatic hydroxyl groups excluding tert-OH is 1. The van der Waals surface area contributed by atoms with Crippen molar-refractivity contribution in [3.63, 3.8) is 0 Å². The van der Waals surface area contributed by atoms with Crippen molar-refractivity contribution >= 4 is 11.0 Å². The molecule has 0 saturated heterocycles. The topological polar surface area (TPSA) is 47.3 Å². The summed E-state index contributed by atoms with van der Waals surface area (Å²) in [6, 6.07) is 9.35. The molecule has 0 fully saturated rings. The summed E-state index contributed by atoms with van der Waals surface area (Å²) in [6.07, 6.45) is 0. The maximum Gasteiger partial charge on any atom is 0.161 e. The second-order valence-corrected chi connectivity index (χ2v) is 4.80. The minimum atomic E-state index is -0.946. The van der Waals surface area contributed by atoms with Gasteiger partial charge in [-0.15, -0.1) is 0 Å². The fourth-order valence-electron chi connectivity index (χ4n) is 2.43. The van der Waals surface area contributed by atoms with Crippen molar-refractivity contribution in [2.45, 2.75) is 6.54 Å². The van der Waals surface area contributed by atoms with Crippen molar-refractivity contribution in [3.05, 3.63) is 48.0 Å². The zero-order valence-electron chi connectivity index (χ0n) is 11.9. The predicted molar refractivity (Wildman–Crippen MR) is 78.7 cm³/mol. The van der Waals surface area contributed by atoms with Gasteiger partial charge in [0.1, 0.15) is 11.6 Å². The van der Waals surface area contributed by atoms with E-state index >= 15 is 0 Å². The standard InChI is InChI=1S/C16H14F2N2O2/c1-22-11-4-2-3-10(7-11)16-19-14-8-12(17)13(18)9-15(14)20(16)5-6-21/h2-4,7-9,21H,5-6H2,1H3. The molecule has 0 amide bonds. The third-order valence-corrected chi connectivity index (χ3v) is 3.44. The van der Waals surface area contributed by atoms with Crippen LogP contribution in [0.25, 0.3) is 22.4 Å². The molecule has 22 heavy (non-hydrogen) atoms. The molecule has 0 aliphatic carbocycles. The minimum absolute atomic E-state index is 0.137. The van der Waals surface area contributed by atoms with Crippen LogP contribution in [0.2, 0.25) is 0 Å². The Morgan fingerprint density at radius 3 is 2.68 bits per heavy atom. The lowest BCUT2D eigenvalue weighted by Crippen LogP contribution is -2.04. The van der Waals surface area contributed by atoms with Gasteiger partial charge in [0.2, 0.25) is 0 Å². The molecule has 4 nitrogen and oxygen atoms in total. The van der Waals surface area contributed by atoms with Gasteiger partial charge >= 0.3 is 0 Å². The Bertz CT molecular complexity index is 830. The third kappa shape index (κ3) is 2.42. The Morgan fingerprint density at radius 2 is 1.95 bits per heavy atom. The van der Waals surface area contributed by atoms with E-state index in [2.05, 4.69) is 4.98 Å². The molecule has 114 valence electrons. The summed E-state index contributed by atoms with van der Waals surface area (Å²) in [5.74, 6) is -0.715. The van der Waals surface area contributed by atoms with Crippen molar-refractivity contribution in [2.24, 2.45) is 0 Å². The summed E-state index contributed by atoms with van der Waals surface area (Å²) in [6.45, 7) is 0.0928. The molecule has 1 N–H and O–H groups in total. The average Bonchev–Trinajstić information content (AvgIpc) is 2.86. The van der Waals surface area contributed by atoms with Gasteiger partial charge in [0, 0.05) is 24.2 Å². The normalized spacial score (nSPS) is 11.1. The smallest absolute Gasteiger partial charge is 0.161 e. The number of imidazole rings is 1. The maximum absolute atomic E-state index is 13.5. The molecule has 0 aliphatic rings. The molecular weight excluding hydrogens is 290 g/mol. The zero-order valence-corrected chi connectivity index (χ0v) is 11.9. The van der Waals surface area contributed by atoms with Gasteiger partial charge in [-0.3, -0.25) is 0 Å². The summed E-state index contributed by atoms with van der Waals surface area (Å²) >= 11 is 0. The third-order valence-electron chi connectivity index (χ3n) is 3.44. The SMILES string of the molecule is COc1cccc(-c2nc3cc(F)c(F)cc3n2CCO)c1. The van der Waals surface area contributed by atoms with Crippen LogP contribution in [0.3, 0.4) is 0 Å². The highest BCUT2D eigenvalue weighted by Gasteiger charge is 2.15. The van der Waals surface area contributed by atoms with E-state index in [1.165, 1.54) is 0 Å². The molecule has 0 aliphatic heterocycles. The fraction of sp³-hybridized carbons (Fsp3) is 0.188. The molecule has 0 radical (unpaired) electrons. The highest BCUT2D eigenvalue weighted by Crippen LogP contribution is 2.28. The first-order valence-electron chi connectivity index (χ1n) is 6.74. The van der Waals surface area contributed by atoms with Crippen LogP contribution < -0.4 is 4.74 Å². The van der Waals surface area contributed by atoms with Gasteiger partial charge in [0.15, 0.2) is 11.6 Å². The lowest BCUT2D eigenvalue weighted by molar-refractivity contribution is 0.278. The number of halogens is 2. The second kappa shape index (κ2) is 5.73. The lowest BCUT2D eigenvalue weighted by atomic mass is 10.2. The predicted octanol–water partition coefficient (Wildman–Crippen LogP) is 2.98. The van der Waals surface area contributed by atoms with Gasteiger partial charge in [0.25, 0.3) is 0 Å². The Kier molecular flexibility index (Phi) is 3.77. The van der Waals surface area contributed by atoms with Crippen molar-refractivity contribution in [1.82, 2.24) is 9.55 Å². The van der Waals surface area contributed by atoms with Gasteiger partial charge in [-0.05, 0) is 12.1 Å². The Labute approximate surface area is 125 Å². The van der Waals surface area contributed by atoms with Crippen molar-refractivity contribution < 1.29 is 18.6 Å². The molecule has 3 rings (SSSR count). The Balaban J connectivity index is 2.25. The van der Waals surface area contributed by atoms with Gasteiger partial charge in [0.05, 0.1) is 24.8 Å². The minimum Gasteiger partial charge on any atom is -0.497 e. The van der Waals surface area contributed by atoms with E-state index in [-0.39, 0.29) is 13.2 Å². The Hall–Kier alpha value is -2.47. The quantitative estimate of drug-likeness (QED) is 0.806. The van der Waals surface area contributed by atoms with E-state index in [1.54, 1.807) is 29.9 Å². The summed E-state index contributed by atoms with van der Waals surface area (Å²) < 4.78 is 33.7. The van der Waals surface area contributed by atoms with Crippen molar-refractivity contribution in [1.29, 1.82) is 0 Å². The number of rotatable bonds is 4. The summed E-state index contributed by atoms with van der Waals surface area (Å²) in [5.41, 5.74) is 1.51. The van der Waals surface area contributed by atoms with Crippen LogP contribution in [0.15, 0.2) is 36.4 Å². The molecule has 0 spiro atoms. The van der Waals surface area contributed by atoms with Gasteiger partial charge in [-0.1, -0.05) is 12.1 Å². The molecule has 0 saturated carbocycles. The van der Waals surface area contributed by atoms with E-state index in [0.29, 0.717) is 22.6 Å². The number of fused-ring (bicyclic) bond motifs is 1.